The van der Waals surface area contributed by atoms with Crippen LogP contribution < -0.4 is 10.2 Å². The topological polar surface area (TPSA) is 73.0 Å². The van der Waals surface area contributed by atoms with Crippen LogP contribution in [-0.4, -0.2) is 64.8 Å². The third-order valence-electron chi connectivity index (χ3n) is 4.26. The lowest BCUT2D eigenvalue weighted by molar-refractivity contribution is 0.270. The van der Waals surface area contributed by atoms with Crippen LogP contribution in [0.25, 0.3) is 11.0 Å². The first-order valence-electron chi connectivity index (χ1n) is 7.57. The summed E-state index contributed by atoms with van der Waals surface area (Å²) in [5.41, 5.74) is 0.773. The van der Waals surface area contributed by atoms with E-state index in [1.54, 1.807) is 6.20 Å². The van der Waals surface area contributed by atoms with E-state index in [2.05, 4.69) is 49.3 Å². The summed E-state index contributed by atoms with van der Waals surface area (Å²) in [6, 6.07) is 0.606. The van der Waals surface area contributed by atoms with Crippen molar-refractivity contribution in [3.63, 3.8) is 0 Å². The van der Waals surface area contributed by atoms with Gasteiger partial charge in [-0.3, -0.25) is 10.00 Å². The molecule has 0 bridgehead atoms. The second kappa shape index (κ2) is 5.85. The van der Waals surface area contributed by atoms with Crippen LogP contribution >= 0.6 is 0 Å². The minimum atomic E-state index is 0.606. The van der Waals surface area contributed by atoms with Crippen molar-refractivity contribution in [3.05, 3.63) is 6.20 Å². The van der Waals surface area contributed by atoms with Gasteiger partial charge < -0.3 is 10.2 Å². The van der Waals surface area contributed by atoms with E-state index in [0.29, 0.717) is 12.0 Å². The molecule has 2 N–H and O–H groups in total. The zero-order valence-corrected chi connectivity index (χ0v) is 12.9. The van der Waals surface area contributed by atoms with Crippen molar-refractivity contribution in [2.24, 2.45) is 0 Å². The van der Waals surface area contributed by atoms with Gasteiger partial charge in [0.15, 0.2) is 5.65 Å². The van der Waals surface area contributed by atoms with Crippen molar-refractivity contribution in [3.8, 4) is 0 Å². The van der Waals surface area contributed by atoms with E-state index in [1.807, 2.05) is 7.05 Å². The quantitative estimate of drug-likeness (QED) is 0.865. The molecule has 21 heavy (non-hydrogen) atoms. The number of nitrogens with one attached hydrogen (secondary N) is 2. The molecule has 7 heteroatoms. The van der Waals surface area contributed by atoms with Gasteiger partial charge in [0.2, 0.25) is 5.95 Å². The summed E-state index contributed by atoms with van der Waals surface area (Å²) in [6.45, 7) is 5.54. The van der Waals surface area contributed by atoms with E-state index in [0.717, 1.165) is 29.9 Å². The highest BCUT2D eigenvalue weighted by molar-refractivity contribution is 5.87. The number of aromatic nitrogens is 4. The van der Waals surface area contributed by atoms with Crippen LogP contribution in [0.5, 0.6) is 0 Å². The largest absolute Gasteiger partial charge is 0.357 e. The van der Waals surface area contributed by atoms with Gasteiger partial charge >= 0.3 is 0 Å². The summed E-state index contributed by atoms with van der Waals surface area (Å²) in [6.07, 6.45) is 4.35. The summed E-state index contributed by atoms with van der Waals surface area (Å²) in [5.74, 6) is 1.55. The SMILES string of the molecule is CCN1CCCC1CN(C)c1nc(NC)nc2[nH]ncc12. The molecule has 3 rings (SSSR count). The molecule has 1 unspecified atom stereocenters. The number of likely N-dealkylation sites (N-methyl/N-ethyl adjacent to an activating group) is 2. The van der Waals surface area contributed by atoms with Gasteiger partial charge in [0.25, 0.3) is 0 Å². The monoisotopic (exact) mass is 289 g/mol. The maximum atomic E-state index is 4.61. The van der Waals surface area contributed by atoms with Gasteiger partial charge in [0.1, 0.15) is 5.82 Å². The van der Waals surface area contributed by atoms with Gasteiger partial charge in [-0.25, -0.2) is 0 Å². The molecule has 1 aliphatic rings. The Morgan fingerprint density at radius 3 is 3.10 bits per heavy atom. The maximum absolute atomic E-state index is 4.61. The van der Waals surface area contributed by atoms with E-state index in [4.69, 9.17) is 0 Å². The molecule has 0 saturated carbocycles. The molecule has 1 saturated heterocycles. The highest BCUT2D eigenvalue weighted by Crippen LogP contribution is 2.25. The predicted octanol–water partition coefficient (Wildman–Crippen LogP) is 1.32. The van der Waals surface area contributed by atoms with Gasteiger partial charge in [-0.1, -0.05) is 6.92 Å². The zero-order valence-electron chi connectivity index (χ0n) is 12.9. The number of H-pyrrole nitrogens is 1. The molecule has 2 aromatic heterocycles. The Morgan fingerprint density at radius 2 is 2.33 bits per heavy atom. The Kier molecular flexibility index (Phi) is 3.92. The minimum Gasteiger partial charge on any atom is -0.357 e. The molecule has 0 aliphatic carbocycles. The number of anilines is 2. The number of likely N-dealkylation sites (tertiary alicyclic amines) is 1. The maximum Gasteiger partial charge on any atom is 0.226 e. The Hall–Kier alpha value is -1.89. The van der Waals surface area contributed by atoms with Gasteiger partial charge in [-0.05, 0) is 25.9 Å². The first-order chi connectivity index (χ1) is 10.2. The van der Waals surface area contributed by atoms with Gasteiger partial charge in [-0.15, -0.1) is 0 Å². The van der Waals surface area contributed by atoms with E-state index in [-0.39, 0.29) is 0 Å². The van der Waals surface area contributed by atoms with Crippen LogP contribution in [0.3, 0.4) is 0 Å². The number of nitrogens with zero attached hydrogens (tertiary/aromatic N) is 5. The smallest absolute Gasteiger partial charge is 0.226 e. The van der Waals surface area contributed by atoms with E-state index in [9.17, 15) is 0 Å². The number of aromatic amines is 1. The molecule has 2 aromatic rings. The van der Waals surface area contributed by atoms with E-state index >= 15 is 0 Å². The summed E-state index contributed by atoms with van der Waals surface area (Å²) in [4.78, 5) is 13.8. The third kappa shape index (κ3) is 2.65. The number of fused-ring (bicyclic) bond motifs is 1. The zero-order chi connectivity index (χ0) is 14.8. The highest BCUT2D eigenvalue weighted by atomic mass is 15.3. The lowest BCUT2D eigenvalue weighted by Gasteiger charge is -2.28. The Balaban J connectivity index is 1.86. The van der Waals surface area contributed by atoms with Crippen molar-refractivity contribution in [1.29, 1.82) is 0 Å². The molecule has 1 aliphatic heterocycles. The number of rotatable bonds is 5. The molecule has 3 heterocycles. The first-order valence-corrected chi connectivity index (χ1v) is 7.57. The van der Waals surface area contributed by atoms with E-state index < -0.39 is 0 Å². The summed E-state index contributed by atoms with van der Waals surface area (Å²) in [7, 11) is 3.93. The number of hydrogen-bond acceptors (Lipinski definition) is 6. The van der Waals surface area contributed by atoms with Crippen molar-refractivity contribution < 1.29 is 0 Å². The summed E-state index contributed by atoms with van der Waals surface area (Å²) < 4.78 is 0. The van der Waals surface area contributed by atoms with Gasteiger partial charge in [0.05, 0.1) is 11.6 Å². The molecule has 7 nitrogen and oxygen atoms in total. The van der Waals surface area contributed by atoms with Crippen molar-refractivity contribution >= 4 is 22.8 Å². The standard InChI is InChI=1S/C14H23N7/c1-4-21-7-5-6-10(21)9-20(3)13-11-8-16-19-12(11)17-14(15-2)18-13/h8,10H,4-7,9H2,1-3H3,(H2,15,16,17,18,19). The van der Waals surface area contributed by atoms with Crippen LogP contribution in [-0.2, 0) is 0 Å². The summed E-state index contributed by atoms with van der Waals surface area (Å²) in [5, 5.41) is 11.0. The Labute approximate surface area is 124 Å². The van der Waals surface area contributed by atoms with Crippen molar-refractivity contribution in [1.82, 2.24) is 25.1 Å². The molecular formula is C14H23N7. The molecule has 1 atom stereocenters. The predicted molar refractivity (Wildman–Crippen MR) is 84.8 cm³/mol. The molecule has 1 fully saturated rings. The molecule has 0 spiro atoms. The van der Waals surface area contributed by atoms with E-state index in [1.165, 1.54) is 19.4 Å². The molecule has 0 aromatic carbocycles. The fourth-order valence-corrected chi connectivity index (χ4v) is 3.14. The average Bonchev–Trinajstić information content (AvgIpc) is 3.14. The number of hydrogen-bond donors (Lipinski definition) is 2. The molecular weight excluding hydrogens is 266 g/mol. The fourth-order valence-electron chi connectivity index (χ4n) is 3.14. The van der Waals surface area contributed by atoms with Gasteiger partial charge in [0, 0.05) is 26.7 Å². The van der Waals surface area contributed by atoms with Crippen LogP contribution in [0.4, 0.5) is 11.8 Å². The first kappa shape index (κ1) is 14.1. The third-order valence-corrected chi connectivity index (χ3v) is 4.26. The van der Waals surface area contributed by atoms with Crippen LogP contribution in [0.1, 0.15) is 19.8 Å². The van der Waals surface area contributed by atoms with Gasteiger partial charge in [-0.2, -0.15) is 15.1 Å². The van der Waals surface area contributed by atoms with Crippen LogP contribution in [0, 0.1) is 0 Å². The Bertz CT molecular complexity index is 608. The molecule has 114 valence electrons. The highest BCUT2D eigenvalue weighted by Gasteiger charge is 2.25. The molecule has 0 radical (unpaired) electrons. The minimum absolute atomic E-state index is 0.606. The van der Waals surface area contributed by atoms with Crippen molar-refractivity contribution in [2.75, 3.05) is 43.9 Å². The normalized spacial score (nSPS) is 19.3. The lowest BCUT2D eigenvalue weighted by atomic mass is 10.2. The Morgan fingerprint density at radius 1 is 1.48 bits per heavy atom. The van der Waals surface area contributed by atoms with Crippen molar-refractivity contribution in [2.45, 2.75) is 25.8 Å². The second-order valence-corrected chi connectivity index (χ2v) is 5.56. The fraction of sp³-hybridized carbons (Fsp3) is 0.643. The average molecular weight is 289 g/mol. The lowest BCUT2D eigenvalue weighted by Crippen LogP contribution is -2.39. The van der Waals surface area contributed by atoms with Crippen LogP contribution in [0.2, 0.25) is 0 Å². The van der Waals surface area contributed by atoms with Crippen LogP contribution in [0.15, 0.2) is 6.20 Å². The molecule has 0 amide bonds. The second-order valence-electron chi connectivity index (χ2n) is 5.56. The summed E-state index contributed by atoms with van der Waals surface area (Å²) >= 11 is 0.